The quantitative estimate of drug-likeness (QED) is 0.607. The average Bonchev–Trinajstić information content (AvgIpc) is 2.29. The number of hydrogen-bond acceptors (Lipinski definition) is 4. The van der Waals surface area contributed by atoms with Crippen molar-refractivity contribution in [3.63, 3.8) is 0 Å². The van der Waals surface area contributed by atoms with Crippen LogP contribution in [0, 0.1) is 0 Å². The highest BCUT2D eigenvalue weighted by Gasteiger charge is 2.10. The molecule has 0 aliphatic carbocycles. The summed E-state index contributed by atoms with van der Waals surface area (Å²) in [5.41, 5.74) is 1.88. The smallest absolute Gasteiger partial charge is 0.249 e. The van der Waals surface area contributed by atoms with E-state index >= 15 is 0 Å². The van der Waals surface area contributed by atoms with Crippen molar-refractivity contribution in [2.24, 2.45) is 4.99 Å². The highest BCUT2D eigenvalue weighted by atomic mass is 35.5. The molecule has 0 atom stereocenters. The van der Waals surface area contributed by atoms with E-state index in [1.54, 1.807) is 6.07 Å². The van der Waals surface area contributed by atoms with E-state index in [0.717, 1.165) is 10.6 Å². The van der Waals surface area contributed by atoms with Crippen LogP contribution in [0.2, 0.25) is 0 Å². The molecule has 0 spiro atoms. The number of benzene rings is 1. The molecule has 0 N–H and O–H groups in total. The van der Waals surface area contributed by atoms with Gasteiger partial charge in [0, 0.05) is 9.42 Å². The molecule has 0 aliphatic rings. The third kappa shape index (κ3) is 2.94. The fourth-order valence-electron chi connectivity index (χ4n) is 1.01. The Bertz CT molecular complexity index is 398. The molecule has 0 amide bonds. The zero-order valence-electron chi connectivity index (χ0n) is 7.74. The largest absolute Gasteiger partial charge is 0.379 e. The van der Waals surface area contributed by atoms with E-state index in [2.05, 4.69) is 9.93 Å². The van der Waals surface area contributed by atoms with Crippen LogP contribution in [-0.2, 0) is 4.94 Å². The molecule has 1 aromatic carbocycles. The molecule has 0 fully saturated rings. The second-order valence-electron chi connectivity index (χ2n) is 2.48. The Morgan fingerprint density at radius 3 is 2.93 bits per heavy atom. The Kier molecular flexibility index (Phi) is 4.58. The van der Waals surface area contributed by atoms with Gasteiger partial charge in [-0.25, -0.2) is 14.7 Å². The average molecular weight is 248 g/mol. The van der Waals surface area contributed by atoms with E-state index in [4.69, 9.17) is 11.6 Å². The number of nitrogens with zero attached hydrogens (tertiary/aromatic N) is 1. The van der Waals surface area contributed by atoms with Crippen LogP contribution in [0.15, 0.2) is 28.1 Å². The molecular formula is C9H7ClFNO2S. The van der Waals surface area contributed by atoms with Gasteiger partial charge in [-0.2, -0.15) is 0 Å². The molecule has 6 heteroatoms. The second kappa shape index (κ2) is 5.72. The molecule has 0 heterocycles. The highest BCUT2D eigenvalue weighted by molar-refractivity contribution is 7.98. The lowest BCUT2D eigenvalue weighted by molar-refractivity contribution is -0.0788. The van der Waals surface area contributed by atoms with Crippen molar-refractivity contribution < 1.29 is 14.3 Å². The predicted molar refractivity (Wildman–Crippen MR) is 58.8 cm³/mol. The SMILES string of the molecule is CSc1cc(C(=O)OF)ccc1N=CCl. The maximum absolute atomic E-state index is 11.6. The van der Waals surface area contributed by atoms with Gasteiger partial charge in [-0.15, -0.1) is 11.8 Å². The maximum Gasteiger partial charge on any atom is 0.379 e. The minimum Gasteiger partial charge on any atom is -0.249 e. The molecule has 0 saturated heterocycles. The zero-order chi connectivity index (χ0) is 11.3. The van der Waals surface area contributed by atoms with Gasteiger partial charge in [0.1, 0.15) is 0 Å². The highest BCUT2D eigenvalue weighted by Crippen LogP contribution is 2.29. The van der Waals surface area contributed by atoms with Crippen molar-refractivity contribution >= 4 is 40.7 Å². The van der Waals surface area contributed by atoms with E-state index in [0.29, 0.717) is 5.69 Å². The first-order valence-electron chi connectivity index (χ1n) is 3.86. The third-order valence-corrected chi connectivity index (χ3v) is 2.54. The van der Waals surface area contributed by atoms with Crippen LogP contribution < -0.4 is 0 Å². The fourth-order valence-corrected chi connectivity index (χ4v) is 1.69. The van der Waals surface area contributed by atoms with Gasteiger partial charge in [0.2, 0.25) is 0 Å². The summed E-state index contributed by atoms with van der Waals surface area (Å²) in [5.74, 6) is -1.02. The van der Waals surface area contributed by atoms with E-state index in [9.17, 15) is 9.32 Å². The van der Waals surface area contributed by atoms with Gasteiger partial charge in [-0.05, 0) is 24.5 Å². The number of thioether (sulfide) groups is 1. The van der Waals surface area contributed by atoms with Crippen LogP contribution in [0.3, 0.4) is 0 Å². The molecule has 1 rings (SSSR count). The van der Waals surface area contributed by atoms with Crippen molar-refractivity contribution in [3.05, 3.63) is 23.8 Å². The lowest BCUT2D eigenvalue weighted by Gasteiger charge is -2.03. The van der Waals surface area contributed by atoms with Gasteiger partial charge in [-0.1, -0.05) is 11.6 Å². The van der Waals surface area contributed by atoms with Crippen LogP contribution in [0.5, 0.6) is 0 Å². The molecule has 3 nitrogen and oxygen atoms in total. The number of rotatable bonds is 3. The summed E-state index contributed by atoms with van der Waals surface area (Å²) in [6.45, 7) is 0. The number of aliphatic imine (C=N–C) groups is 1. The molecule has 80 valence electrons. The summed E-state index contributed by atoms with van der Waals surface area (Å²) < 4.78 is 11.6. The Labute approximate surface area is 95.2 Å². The Morgan fingerprint density at radius 1 is 1.67 bits per heavy atom. The fraction of sp³-hybridized carbons (Fsp3) is 0.111. The first-order chi connectivity index (χ1) is 7.22. The van der Waals surface area contributed by atoms with Crippen LogP contribution in [0.25, 0.3) is 0 Å². The first kappa shape index (κ1) is 12.0. The van der Waals surface area contributed by atoms with E-state index in [1.807, 2.05) is 6.26 Å². The van der Waals surface area contributed by atoms with Crippen molar-refractivity contribution in [2.75, 3.05) is 6.26 Å². The van der Waals surface area contributed by atoms with E-state index in [1.165, 1.54) is 23.9 Å². The normalized spacial score (nSPS) is 10.6. The molecule has 0 saturated carbocycles. The van der Waals surface area contributed by atoms with Crippen LogP contribution in [-0.4, -0.2) is 17.9 Å². The number of hydrogen-bond donors (Lipinski definition) is 0. The number of carbonyl (C=O) groups is 1. The summed E-state index contributed by atoms with van der Waals surface area (Å²) in [6, 6.07) is 4.48. The Morgan fingerprint density at radius 2 is 2.40 bits per heavy atom. The van der Waals surface area contributed by atoms with Gasteiger partial charge in [0.25, 0.3) is 0 Å². The predicted octanol–water partition coefficient (Wildman–Crippen LogP) is 3.35. The van der Waals surface area contributed by atoms with Crippen LogP contribution in [0.4, 0.5) is 10.2 Å². The first-order valence-corrected chi connectivity index (χ1v) is 5.52. The van der Waals surface area contributed by atoms with Crippen molar-refractivity contribution in [2.45, 2.75) is 4.90 Å². The zero-order valence-corrected chi connectivity index (χ0v) is 9.31. The molecule has 0 radical (unpaired) electrons. The van der Waals surface area contributed by atoms with Crippen molar-refractivity contribution in [3.8, 4) is 0 Å². The minimum atomic E-state index is -1.02. The third-order valence-electron chi connectivity index (χ3n) is 1.67. The van der Waals surface area contributed by atoms with Gasteiger partial charge in [-0.3, -0.25) is 0 Å². The van der Waals surface area contributed by atoms with Gasteiger partial charge in [0.15, 0.2) is 0 Å². The van der Waals surface area contributed by atoms with Gasteiger partial charge in [0.05, 0.1) is 16.9 Å². The molecule has 15 heavy (non-hydrogen) atoms. The molecule has 0 unspecified atom stereocenters. The molecule has 0 aliphatic heterocycles. The monoisotopic (exact) mass is 247 g/mol. The van der Waals surface area contributed by atoms with E-state index < -0.39 is 5.97 Å². The topological polar surface area (TPSA) is 38.7 Å². The Balaban J connectivity index is 3.12. The lowest BCUT2D eigenvalue weighted by Crippen LogP contribution is -1.98. The molecule has 0 bridgehead atoms. The van der Waals surface area contributed by atoms with Crippen molar-refractivity contribution in [1.29, 1.82) is 0 Å². The second-order valence-corrected chi connectivity index (χ2v) is 3.52. The summed E-state index contributed by atoms with van der Waals surface area (Å²) >= 11 is 6.72. The standard InChI is InChI=1S/C9H7ClFNO2S/c1-15-8-4-6(9(13)14-11)2-3-7(8)12-5-10/h2-5H,1H3. The van der Waals surface area contributed by atoms with E-state index in [-0.39, 0.29) is 5.56 Å². The van der Waals surface area contributed by atoms with Crippen molar-refractivity contribution in [1.82, 2.24) is 0 Å². The number of carbonyl (C=O) groups excluding carboxylic acids is 1. The number of halogens is 2. The van der Waals surface area contributed by atoms with Crippen LogP contribution >= 0.6 is 23.4 Å². The lowest BCUT2D eigenvalue weighted by atomic mass is 10.2. The van der Waals surface area contributed by atoms with Gasteiger partial charge >= 0.3 is 5.97 Å². The Hall–Kier alpha value is -1.07. The summed E-state index contributed by atoms with van der Waals surface area (Å²) in [4.78, 5) is 18.6. The summed E-state index contributed by atoms with van der Waals surface area (Å²) in [6.07, 6.45) is 1.81. The molecule has 0 aromatic heterocycles. The summed E-state index contributed by atoms with van der Waals surface area (Å²) in [7, 11) is 0. The van der Waals surface area contributed by atoms with Crippen LogP contribution in [0.1, 0.15) is 10.4 Å². The molecule has 1 aromatic rings. The van der Waals surface area contributed by atoms with Gasteiger partial charge < -0.3 is 0 Å². The minimum absolute atomic E-state index is 0.135. The maximum atomic E-state index is 11.6. The summed E-state index contributed by atoms with van der Waals surface area (Å²) in [5, 5.41) is 0. The molecular weight excluding hydrogens is 241 g/mol.